The number of ether oxygens (including phenoxy) is 4. The van der Waals surface area contributed by atoms with Crippen LogP contribution < -0.4 is 22.5 Å². The molecule has 2 fully saturated rings. The number of nitrogens with one attached hydrogen (secondary N) is 2. The van der Waals surface area contributed by atoms with Crippen LogP contribution in [0.5, 0.6) is 0 Å². The van der Waals surface area contributed by atoms with Gasteiger partial charge in [0.15, 0.2) is 6.52 Å². The zero-order valence-corrected chi connectivity index (χ0v) is 22.5. The first-order chi connectivity index (χ1) is 21.0. The van der Waals surface area contributed by atoms with Crippen LogP contribution in [-0.4, -0.2) is 90.4 Å². The quantitative estimate of drug-likeness (QED) is 0.192. The van der Waals surface area contributed by atoms with E-state index in [4.69, 9.17) is 27.2 Å². The molecule has 0 saturated carbocycles. The summed E-state index contributed by atoms with van der Waals surface area (Å²) >= 11 is 3.63. The summed E-state index contributed by atoms with van der Waals surface area (Å²) in [6.45, 7) is 4.41. The van der Waals surface area contributed by atoms with Crippen molar-refractivity contribution in [1.82, 2.24) is 19.1 Å². The minimum Gasteiger partial charge on any atom is -0.390 e. The zero-order valence-electron chi connectivity index (χ0n) is 27.6. The summed E-state index contributed by atoms with van der Waals surface area (Å²) in [6.07, 6.45) is -1.15. The summed E-state index contributed by atoms with van der Waals surface area (Å²) in [5, 5.41) is 14.4. The van der Waals surface area contributed by atoms with E-state index in [1.165, 1.54) is 21.5 Å². The van der Waals surface area contributed by atoms with E-state index in [-0.39, 0.29) is 32.6 Å². The highest BCUT2D eigenvalue weighted by molar-refractivity contribution is 8.06. The largest absolute Gasteiger partial charge is 0.390 e. The minimum absolute atomic E-state index is 0.0885. The van der Waals surface area contributed by atoms with E-state index in [1.807, 2.05) is 0 Å². The van der Waals surface area contributed by atoms with Gasteiger partial charge in [0.25, 0.3) is 11.1 Å². The molecule has 8 unspecified atom stereocenters. The number of aryl methyl sites for hydroxylation is 2. The lowest BCUT2D eigenvalue weighted by Crippen LogP contribution is -2.33. The van der Waals surface area contributed by atoms with Crippen LogP contribution >= 0.6 is 12.5 Å². The second-order valence-corrected chi connectivity index (χ2v) is 9.23. The number of rotatable bonds is 7. The Kier molecular flexibility index (Phi) is 9.58. The van der Waals surface area contributed by atoms with Gasteiger partial charge in [-0.1, -0.05) is 6.82 Å². The Morgan fingerprint density at radius 1 is 1.05 bits per heavy atom. The molecular weight excluding hydrogens is 535 g/mol. The predicted octanol–water partition coefficient (Wildman–Crippen LogP) is -1.40. The first kappa shape index (κ1) is 24.3. The Balaban J connectivity index is 0.000000281. The molecule has 0 radical (unpaired) electrons. The van der Waals surface area contributed by atoms with Crippen LogP contribution in [0.15, 0.2) is 31.6 Å². The molecule has 2 saturated heterocycles. The summed E-state index contributed by atoms with van der Waals surface area (Å²) in [5.41, 5.74) is -1.43. The number of nitrogens with zero attached hydrogens (tertiary/aromatic N) is 2. The molecule has 0 aromatic carbocycles. The van der Waals surface area contributed by atoms with Gasteiger partial charge in [0.1, 0.15) is 24.7 Å². The molecule has 2 aromatic rings. The van der Waals surface area contributed by atoms with Crippen molar-refractivity contribution in [3.05, 3.63) is 65.2 Å². The molecular formula is C23H37BN4O10S. The minimum atomic E-state index is -1.46. The monoisotopic (exact) mass is 581 g/mol. The average Bonchev–Trinajstić information content (AvgIpc) is 3.53. The molecule has 4 rings (SSSR count). The Hall–Kier alpha value is -2.47. The van der Waals surface area contributed by atoms with Gasteiger partial charge >= 0.3 is 11.4 Å². The number of aliphatic hydroxyl groups excluding tert-OH is 2. The molecule has 0 spiro atoms. The van der Waals surface area contributed by atoms with Crippen LogP contribution in [0.25, 0.3) is 0 Å². The molecule has 8 atom stereocenters. The van der Waals surface area contributed by atoms with Gasteiger partial charge in [0.2, 0.25) is 1.43 Å². The van der Waals surface area contributed by atoms with Crippen LogP contribution in [-0.2, 0) is 18.9 Å². The van der Waals surface area contributed by atoms with E-state index in [1.54, 1.807) is 20.7 Å². The predicted molar refractivity (Wildman–Crippen MR) is 147 cm³/mol. The Labute approximate surface area is 238 Å². The van der Waals surface area contributed by atoms with Crippen LogP contribution in [0.4, 0.5) is 0 Å². The molecule has 0 aliphatic carbocycles. The normalized spacial score (nSPS) is 29.6. The van der Waals surface area contributed by atoms with Crippen molar-refractivity contribution in [2.45, 2.75) is 70.4 Å². The number of thiol groups is 1. The highest BCUT2D eigenvalue weighted by Gasteiger charge is 2.36. The first-order valence-electron chi connectivity index (χ1n) is 15.1. The van der Waals surface area contributed by atoms with Crippen molar-refractivity contribution >= 4 is 19.0 Å². The Morgan fingerprint density at radius 2 is 1.46 bits per heavy atom. The van der Waals surface area contributed by atoms with Crippen LogP contribution in [0, 0.1) is 13.8 Å². The van der Waals surface area contributed by atoms with Crippen molar-refractivity contribution in [2.75, 3.05) is 27.3 Å². The van der Waals surface area contributed by atoms with Gasteiger partial charge in [-0.3, -0.25) is 28.7 Å². The molecule has 16 heteroatoms. The maximum Gasteiger partial charge on any atom is 0.330 e. The smallest absolute Gasteiger partial charge is 0.330 e. The molecule has 39 heavy (non-hydrogen) atoms. The lowest BCUT2D eigenvalue weighted by molar-refractivity contribution is -0.0547. The summed E-state index contributed by atoms with van der Waals surface area (Å²) < 4.78 is 64.3. The first-order valence-corrected chi connectivity index (χ1v) is 12.3. The highest BCUT2D eigenvalue weighted by atomic mass is 32.1. The summed E-state index contributed by atoms with van der Waals surface area (Å²) in [5.74, 6) is 0. The molecule has 0 bridgehead atoms. The van der Waals surface area contributed by atoms with Gasteiger partial charge in [-0.15, -0.1) is 0 Å². The Morgan fingerprint density at radius 3 is 1.87 bits per heavy atom. The summed E-state index contributed by atoms with van der Waals surface area (Å²) in [4.78, 5) is 50.5. The average molecular weight is 581 g/mol. The zero-order chi connectivity index (χ0) is 34.0. The fraction of sp³-hybridized carbons (Fsp3) is 0.652. The van der Waals surface area contributed by atoms with Crippen molar-refractivity contribution in [2.24, 2.45) is 0 Å². The summed E-state index contributed by atoms with van der Waals surface area (Å²) in [7, 11) is -2.92. The van der Waals surface area contributed by atoms with Crippen LogP contribution in [0.3, 0.4) is 0 Å². The van der Waals surface area contributed by atoms with Crippen molar-refractivity contribution in [3.8, 4) is 0 Å². The van der Waals surface area contributed by atoms with E-state index in [9.17, 15) is 24.3 Å². The van der Waals surface area contributed by atoms with Crippen molar-refractivity contribution in [3.63, 3.8) is 0 Å². The van der Waals surface area contributed by atoms with Crippen molar-refractivity contribution in [1.29, 1.82) is 2.77 Å². The third-order valence-electron chi connectivity index (χ3n) is 5.82. The second-order valence-electron chi connectivity index (χ2n) is 8.72. The molecule has 4 N–H and O–H groups in total. The molecule has 218 valence electrons. The fourth-order valence-electron chi connectivity index (χ4n) is 3.85. The number of hydrogen-bond acceptors (Lipinski definition) is 11. The maximum atomic E-state index is 11.8. The van der Waals surface area contributed by atoms with Gasteiger partial charge in [-0.2, -0.15) is 0 Å². The maximum absolute atomic E-state index is 11.8. The topological polar surface area (TPSA) is 187 Å². The lowest BCUT2D eigenvalue weighted by Gasteiger charge is -2.15. The van der Waals surface area contributed by atoms with Gasteiger partial charge in [0.05, 0.1) is 30.9 Å². The van der Waals surface area contributed by atoms with E-state index in [0.29, 0.717) is 11.1 Å². The molecule has 2 aliphatic rings. The SMILES string of the molecule is [2H]B(C)S.[2H]C([3H])OCC1OC(n2cc(C)c(=O)[nH]c2=O)CC1O.[2H]C([3H])OCC1OC(n2cc(C)c(=O)[nH]c2=O)CC1O[3H]. The van der Waals surface area contributed by atoms with E-state index < -0.39 is 73.5 Å². The molecule has 0 amide bonds. The van der Waals surface area contributed by atoms with Gasteiger partial charge in [-0.25, -0.2) is 22.1 Å². The number of aromatic nitrogens is 4. The molecule has 2 aromatic heterocycles. The standard InChI is InChI=1S/2C11H16N2O5.CH5BS/c2*1-6-4-13(11(16)12-10(6)15)9-3-7(14)8(18-9)5-17-2;1-2-3/h2*4,7-9,14H,3,5H2,1-2H3,(H,12,15,16);2-3H,1H3/i2TD,14T;2TD;2D. The molecule has 14 nitrogen and oxygen atoms in total. The molecule has 2 aliphatic heterocycles. The number of aromatic amines is 2. The number of methoxy groups -OCH3 is 2. The number of hydrogen-bond donors (Lipinski definition) is 5. The third-order valence-corrected chi connectivity index (χ3v) is 5.82. The van der Waals surface area contributed by atoms with Gasteiger partial charge in [0, 0.05) is 50.5 Å². The second kappa shape index (κ2) is 15.4. The van der Waals surface area contributed by atoms with Gasteiger partial charge < -0.3 is 29.2 Å². The fourth-order valence-corrected chi connectivity index (χ4v) is 3.85. The molecule has 4 heterocycles. The lowest BCUT2D eigenvalue weighted by atomic mass is 10.2. The van der Waals surface area contributed by atoms with Crippen LogP contribution in [0.1, 0.15) is 41.9 Å². The van der Waals surface area contributed by atoms with E-state index in [0.717, 1.165) is 0 Å². The van der Waals surface area contributed by atoms with E-state index >= 15 is 0 Å². The van der Waals surface area contributed by atoms with Crippen LogP contribution in [0.2, 0.25) is 6.82 Å². The van der Waals surface area contributed by atoms with Crippen molar-refractivity contribution < 1.29 is 34.6 Å². The number of H-pyrrole nitrogens is 2. The number of aliphatic hydroxyl groups is 2. The summed E-state index contributed by atoms with van der Waals surface area (Å²) in [6, 6.07) is 0. The Bertz CT molecular complexity index is 1460. The third kappa shape index (κ3) is 8.76. The van der Waals surface area contributed by atoms with Gasteiger partial charge in [-0.05, 0) is 15.2 Å². The van der Waals surface area contributed by atoms with E-state index in [2.05, 4.69) is 27.6 Å². The highest BCUT2D eigenvalue weighted by Crippen LogP contribution is 2.28.